The van der Waals surface area contributed by atoms with Crippen LogP contribution in [-0.2, 0) is 26.6 Å². The van der Waals surface area contributed by atoms with Gasteiger partial charge in [-0.2, -0.15) is 5.26 Å². The number of hydrogen-bond acceptors (Lipinski definition) is 5. The molecule has 0 saturated heterocycles. The van der Waals surface area contributed by atoms with E-state index in [1.54, 1.807) is 12.4 Å². The maximum Gasteiger partial charge on any atom is 0.160 e. The van der Waals surface area contributed by atoms with Crippen LogP contribution >= 0.6 is 0 Å². The van der Waals surface area contributed by atoms with Crippen molar-refractivity contribution >= 4 is 0 Å². The van der Waals surface area contributed by atoms with Crippen molar-refractivity contribution in [1.82, 2.24) is 24.4 Å². The normalized spacial score (nSPS) is 14.0. The van der Waals surface area contributed by atoms with Gasteiger partial charge in [0.15, 0.2) is 5.82 Å². The van der Waals surface area contributed by atoms with Gasteiger partial charge in [0.05, 0.1) is 5.69 Å². The van der Waals surface area contributed by atoms with Gasteiger partial charge in [-0.3, -0.25) is 9.88 Å². The summed E-state index contributed by atoms with van der Waals surface area (Å²) in [6.45, 7) is 4.69. The van der Waals surface area contributed by atoms with Gasteiger partial charge in [-0.15, -0.1) is 0 Å². The minimum atomic E-state index is 0.708. The molecule has 0 aliphatic carbocycles. The van der Waals surface area contributed by atoms with Crippen LogP contribution in [0.25, 0.3) is 11.4 Å². The highest BCUT2D eigenvalue weighted by molar-refractivity contribution is 5.53. The number of rotatable bonds is 3. The minimum absolute atomic E-state index is 0.708. The molecule has 0 radical (unpaired) electrons. The van der Waals surface area contributed by atoms with E-state index in [0.717, 1.165) is 48.8 Å². The fourth-order valence-corrected chi connectivity index (χ4v) is 3.41. The van der Waals surface area contributed by atoms with E-state index in [-0.39, 0.29) is 0 Å². The molecule has 6 nitrogen and oxygen atoms in total. The number of hydrogen-bond donors (Lipinski definition) is 0. The van der Waals surface area contributed by atoms with Crippen molar-refractivity contribution in [3.05, 3.63) is 65.0 Å². The van der Waals surface area contributed by atoms with E-state index in [1.807, 2.05) is 36.0 Å². The van der Waals surface area contributed by atoms with Crippen molar-refractivity contribution in [3.63, 3.8) is 0 Å². The van der Waals surface area contributed by atoms with Crippen LogP contribution in [0.4, 0.5) is 0 Å². The molecule has 4 heterocycles. The Bertz CT molecular complexity index is 984. The summed E-state index contributed by atoms with van der Waals surface area (Å²) in [5.41, 5.74) is 6.31. The zero-order valence-electron chi connectivity index (χ0n) is 15.0. The van der Waals surface area contributed by atoms with Crippen molar-refractivity contribution in [2.75, 3.05) is 6.54 Å². The maximum absolute atomic E-state index is 9.21. The van der Waals surface area contributed by atoms with Crippen LogP contribution < -0.4 is 0 Å². The fraction of sp³-hybridized carbons (Fsp3) is 0.300. The first-order chi connectivity index (χ1) is 12.7. The molecule has 3 aromatic heterocycles. The summed E-state index contributed by atoms with van der Waals surface area (Å²) in [6, 6.07) is 8.12. The van der Waals surface area contributed by atoms with Crippen molar-refractivity contribution in [2.45, 2.75) is 26.4 Å². The second kappa shape index (κ2) is 6.70. The van der Waals surface area contributed by atoms with Gasteiger partial charge >= 0.3 is 0 Å². The summed E-state index contributed by atoms with van der Waals surface area (Å²) < 4.78 is 1.95. The second-order valence-electron chi connectivity index (χ2n) is 6.68. The lowest BCUT2D eigenvalue weighted by Gasteiger charge is -2.28. The predicted octanol–water partition coefficient (Wildman–Crippen LogP) is 2.62. The van der Waals surface area contributed by atoms with Gasteiger partial charge < -0.3 is 4.57 Å². The Labute approximate surface area is 152 Å². The zero-order chi connectivity index (χ0) is 18.1. The Hall–Kier alpha value is -3.04. The van der Waals surface area contributed by atoms with Crippen molar-refractivity contribution in [1.29, 1.82) is 5.26 Å². The van der Waals surface area contributed by atoms with E-state index in [9.17, 15) is 5.26 Å². The summed E-state index contributed by atoms with van der Waals surface area (Å²) in [4.78, 5) is 15.8. The van der Waals surface area contributed by atoms with Crippen LogP contribution in [-0.4, -0.2) is 31.0 Å². The largest absolute Gasteiger partial charge is 0.340 e. The molecule has 0 fully saturated rings. The standard InChI is InChI=1S/C20H20N6/c1-14-16(8-18(9-21)25(14)2)12-26-7-5-19-17(13-26)11-23-20(24-19)15-4-3-6-22-10-15/h3-4,6,8,10-11H,5,7,12-13H2,1-2H3. The molecule has 0 amide bonds. The highest BCUT2D eigenvalue weighted by atomic mass is 15.1. The quantitative estimate of drug-likeness (QED) is 0.730. The first kappa shape index (κ1) is 16.4. The Morgan fingerprint density at radius 2 is 2.19 bits per heavy atom. The molecule has 4 rings (SSSR count). The Balaban J connectivity index is 1.53. The molecule has 0 aromatic carbocycles. The molecule has 0 saturated carbocycles. The van der Waals surface area contributed by atoms with Gasteiger partial charge in [0.25, 0.3) is 0 Å². The van der Waals surface area contributed by atoms with E-state index in [2.05, 4.69) is 27.9 Å². The Kier molecular flexibility index (Phi) is 4.23. The number of pyridine rings is 1. The second-order valence-corrected chi connectivity index (χ2v) is 6.68. The van der Waals surface area contributed by atoms with E-state index in [4.69, 9.17) is 4.98 Å². The van der Waals surface area contributed by atoms with E-state index in [0.29, 0.717) is 5.69 Å². The Morgan fingerprint density at radius 3 is 2.92 bits per heavy atom. The topological polar surface area (TPSA) is 70.6 Å². The van der Waals surface area contributed by atoms with Crippen LogP contribution in [0.15, 0.2) is 36.8 Å². The first-order valence-electron chi connectivity index (χ1n) is 8.68. The van der Waals surface area contributed by atoms with Gasteiger partial charge in [-0.1, -0.05) is 0 Å². The number of nitrogens with zero attached hydrogens (tertiary/aromatic N) is 6. The number of fused-ring (bicyclic) bond motifs is 1. The van der Waals surface area contributed by atoms with Crippen LogP contribution in [0.1, 0.15) is 28.2 Å². The van der Waals surface area contributed by atoms with Gasteiger partial charge in [0.2, 0.25) is 0 Å². The van der Waals surface area contributed by atoms with Crippen molar-refractivity contribution in [3.8, 4) is 17.5 Å². The van der Waals surface area contributed by atoms with E-state index >= 15 is 0 Å². The maximum atomic E-state index is 9.21. The predicted molar refractivity (Wildman–Crippen MR) is 97.9 cm³/mol. The lowest BCUT2D eigenvalue weighted by atomic mass is 10.1. The number of nitriles is 1. The summed E-state index contributed by atoms with van der Waals surface area (Å²) in [7, 11) is 1.94. The summed E-state index contributed by atoms with van der Waals surface area (Å²) in [6.07, 6.45) is 6.39. The molecular formula is C20H20N6. The monoisotopic (exact) mass is 344 g/mol. The Morgan fingerprint density at radius 1 is 1.31 bits per heavy atom. The lowest BCUT2D eigenvalue weighted by molar-refractivity contribution is 0.242. The summed E-state index contributed by atoms with van der Waals surface area (Å²) in [5.74, 6) is 0.739. The van der Waals surface area contributed by atoms with Gasteiger partial charge in [-0.25, -0.2) is 9.97 Å². The van der Waals surface area contributed by atoms with Crippen LogP contribution in [0.5, 0.6) is 0 Å². The minimum Gasteiger partial charge on any atom is -0.340 e. The third-order valence-corrected chi connectivity index (χ3v) is 5.08. The van der Waals surface area contributed by atoms with Crippen molar-refractivity contribution < 1.29 is 0 Å². The molecule has 3 aromatic rings. The van der Waals surface area contributed by atoms with E-state index in [1.165, 1.54) is 11.1 Å². The number of aromatic nitrogens is 4. The van der Waals surface area contributed by atoms with Crippen LogP contribution in [0, 0.1) is 18.3 Å². The van der Waals surface area contributed by atoms with Gasteiger partial charge in [0.1, 0.15) is 11.8 Å². The van der Waals surface area contributed by atoms with Crippen molar-refractivity contribution in [2.24, 2.45) is 7.05 Å². The molecule has 0 atom stereocenters. The summed E-state index contributed by atoms with van der Waals surface area (Å²) >= 11 is 0. The third-order valence-electron chi connectivity index (χ3n) is 5.08. The third kappa shape index (κ3) is 2.98. The molecule has 0 bridgehead atoms. The average Bonchev–Trinajstić information content (AvgIpc) is 2.96. The first-order valence-corrected chi connectivity index (χ1v) is 8.68. The molecule has 0 N–H and O–H groups in total. The van der Waals surface area contributed by atoms with Crippen LogP contribution in [0.3, 0.4) is 0 Å². The smallest absolute Gasteiger partial charge is 0.160 e. The highest BCUT2D eigenvalue weighted by Gasteiger charge is 2.20. The van der Waals surface area contributed by atoms with Crippen LogP contribution in [0.2, 0.25) is 0 Å². The molecule has 6 heteroatoms. The SMILES string of the molecule is Cc1c(CN2CCc3nc(-c4cccnc4)ncc3C2)cc(C#N)n1C. The average molecular weight is 344 g/mol. The summed E-state index contributed by atoms with van der Waals surface area (Å²) in [5, 5.41) is 9.21. The van der Waals surface area contributed by atoms with Gasteiger partial charge in [0, 0.05) is 68.5 Å². The highest BCUT2D eigenvalue weighted by Crippen LogP contribution is 2.23. The fourth-order valence-electron chi connectivity index (χ4n) is 3.41. The molecule has 1 aliphatic rings. The molecule has 0 unspecified atom stereocenters. The molecule has 130 valence electrons. The lowest BCUT2D eigenvalue weighted by Crippen LogP contribution is -2.31. The van der Waals surface area contributed by atoms with Gasteiger partial charge in [-0.05, 0) is 30.7 Å². The molecular weight excluding hydrogens is 324 g/mol. The molecule has 1 aliphatic heterocycles. The molecule has 0 spiro atoms. The van der Waals surface area contributed by atoms with E-state index < -0.39 is 0 Å². The zero-order valence-corrected chi connectivity index (χ0v) is 15.0. The molecule has 26 heavy (non-hydrogen) atoms.